The summed E-state index contributed by atoms with van der Waals surface area (Å²) in [6.45, 7) is 11.1. The summed E-state index contributed by atoms with van der Waals surface area (Å²) in [5, 5.41) is 0. The van der Waals surface area contributed by atoms with Crippen molar-refractivity contribution in [1.82, 2.24) is 9.80 Å². The number of carbonyl (C=O) groups is 1. The van der Waals surface area contributed by atoms with E-state index in [1.54, 1.807) is 0 Å². The van der Waals surface area contributed by atoms with Crippen LogP contribution in [0.1, 0.15) is 40.5 Å². The van der Waals surface area contributed by atoms with Gasteiger partial charge in [0.2, 0.25) is 5.91 Å². The maximum Gasteiger partial charge on any atom is 0.222 e. The number of nitrogens with zero attached hydrogens (tertiary/aromatic N) is 2. The maximum absolute atomic E-state index is 11.2. The van der Waals surface area contributed by atoms with Crippen LogP contribution in [0.4, 0.5) is 0 Å². The van der Waals surface area contributed by atoms with E-state index in [4.69, 9.17) is 0 Å². The van der Waals surface area contributed by atoms with E-state index >= 15 is 0 Å². The van der Waals surface area contributed by atoms with E-state index < -0.39 is 0 Å². The molecule has 0 aromatic heterocycles. The van der Waals surface area contributed by atoms with Gasteiger partial charge in [-0.3, -0.25) is 4.79 Å². The van der Waals surface area contributed by atoms with Crippen molar-refractivity contribution in [3.8, 4) is 0 Å². The van der Waals surface area contributed by atoms with Gasteiger partial charge in [-0.15, -0.1) is 0 Å². The van der Waals surface area contributed by atoms with Crippen molar-refractivity contribution in [2.24, 2.45) is 0 Å². The highest BCUT2D eigenvalue weighted by Crippen LogP contribution is 2.21. The lowest BCUT2D eigenvalue weighted by molar-refractivity contribution is -0.130. The van der Waals surface area contributed by atoms with E-state index in [-0.39, 0.29) is 0 Å². The van der Waals surface area contributed by atoms with Crippen molar-refractivity contribution >= 4 is 5.91 Å². The molecule has 2 aliphatic rings. The number of hydrogen-bond donors (Lipinski definition) is 0. The lowest BCUT2D eigenvalue weighted by Crippen LogP contribution is -2.49. The smallest absolute Gasteiger partial charge is 0.222 e. The van der Waals surface area contributed by atoms with Crippen molar-refractivity contribution in [3.63, 3.8) is 0 Å². The van der Waals surface area contributed by atoms with E-state index in [9.17, 15) is 4.79 Å². The molecule has 1 atom stereocenters. The Labute approximate surface area is 94.4 Å². The average Bonchev–Trinajstić information content (AvgIpc) is 2.65. The minimum atomic E-state index is 0.364. The van der Waals surface area contributed by atoms with Crippen molar-refractivity contribution in [2.45, 2.75) is 46.6 Å². The minimum Gasteiger partial charge on any atom is -0.337 e. The molecule has 3 heteroatoms. The van der Waals surface area contributed by atoms with Crippen LogP contribution in [-0.2, 0) is 4.79 Å². The van der Waals surface area contributed by atoms with Gasteiger partial charge < -0.3 is 9.80 Å². The van der Waals surface area contributed by atoms with Crippen LogP contribution in [0.3, 0.4) is 0 Å². The molecule has 0 aromatic rings. The standard InChI is InChI=1S/C8H14N2O.2C2H6/c1-9-4-5-10-7(6-9)2-3-8(10)11;2*1-2/h7H,2-6H2,1H3;2*1-2H3. The molecule has 2 rings (SSSR count). The zero-order chi connectivity index (χ0) is 11.8. The first-order valence-electron chi connectivity index (χ1n) is 6.25. The summed E-state index contributed by atoms with van der Waals surface area (Å²) in [6.07, 6.45) is 1.85. The number of hydrogen-bond acceptors (Lipinski definition) is 2. The first kappa shape index (κ1) is 14.4. The van der Waals surface area contributed by atoms with Gasteiger partial charge in [-0.2, -0.15) is 0 Å². The maximum atomic E-state index is 11.2. The van der Waals surface area contributed by atoms with Gasteiger partial charge in [0.05, 0.1) is 0 Å². The number of fused-ring (bicyclic) bond motifs is 1. The Morgan fingerprint density at radius 2 is 1.73 bits per heavy atom. The summed E-state index contributed by atoms with van der Waals surface area (Å²) < 4.78 is 0. The largest absolute Gasteiger partial charge is 0.337 e. The second kappa shape index (κ2) is 7.69. The topological polar surface area (TPSA) is 23.6 Å². The van der Waals surface area contributed by atoms with Crippen LogP contribution in [0, 0.1) is 0 Å². The van der Waals surface area contributed by atoms with Gasteiger partial charge in [0, 0.05) is 32.1 Å². The summed E-state index contributed by atoms with van der Waals surface area (Å²) in [4.78, 5) is 15.6. The molecule has 2 saturated heterocycles. The highest BCUT2D eigenvalue weighted by Gasteiger charge is 2.33. The summed E-state index contributed by atoms with van der Waals surface area (Å²) in [5.74, 6) is 0.364. The van der Waals surface area contributed by atoms with Gasteiger partial charge in [-0.25, -0.2) is 0 Å². The third-order valence-corrected chi connectivity index (χ3v) is 2.70. The average molecular weight is 214 g/mol. The minimum absolute atomic E-state index is 0.364. The second-order valence-electron chi connectivity index (χ2n) is 3.54. The van der Waals surface area contributed by atoms with E-state index in [1.165, 1.54) is 0 Å². The van der Waals surface area contributed by atoms with Gasteiger partial charge in [-0.05, 0) is 13.5 Å². The van der Waals surface area contributed by atoms with Crippen molar-refractivity contribution < 1.29 is 4.79 Å². The molecule has 2 aliphatic heterocycles. The number of piperazine rings is 1. The Bertz CT molecular complexity index is 182. The third kappa shape index (κ3) is 3.82. The van der Waals surface area contributed by atoms with E-state index in [2.05, 4.69) is 11.9 Å². The Morgan fingerprint density at radius 3 is 2.33 bits per heavy atom. The predicted molar refractivity (Wildman–Crippen MR) is 64.9 cm³/mol. The predicted octanol–water partition coefficient (Wildman–Crippen LogP) is 1.98. The number of rotatable bonds is 0. The molecular formula is C12H26N2O. The summed E-state index contributed by atoms with van der Waals surface area (Å²) in [5.41, 5.74) is 0. The van der Waals surface area contributed by atoms with Crippen molar-refractivity contribution in [2.75, 3.05) is 26.7 Å². The summed E-state index contributed by atoms with van der Waals surface area (Å²) in [7, 11) is 2.13. The molecular weight excluding hydrogens is 188 g/mol. The first-order chi connectivity index (χ1) is 7.27. The Kier molecular flexibility index (Phi) is 7.39. The fourth-order valence-electron chi connectivity index (χ4n) is 2.02. The molecule has 1 amide bonds. The molecule has 2 heterocycles. The zero-order valence-corrected chi connectivity index (χ0v) is 10.9. The number of amides is 1. The lowest BCUT2D eigenvalue weighted by atomic mass is 10.2. The highest BCUT2D eigenvalue weighted by atomic mass is 16.2. The molecule has 2 fully saturated rings. The van der Waals surface area contributed by atoms with Crippen LogP contribution in [0.2, 0.25) is 0 Å². The van der Waals surface area contributed by atoms with Crippen LogP contribution < -0.4 is 0 Å². The molecule has 0 aliphatic carbocycles. The van der Waals surface area contributed by atoms with Gasteiger partial charge in [0.25, 0.3) is 0 Å². The van der Waals surface area contributed by atoms with E-state index in [1.807, 2.05) is 32.6 Å². The molecule has 0 saturated carbocycles. The molecule has 0 radical (unpaired) electrons. The Balaban J connectivity index is 0.000000442. The van der Waals surface area contributed by atoms with Crippen molar-refractivity contribution in [1.29, 1.82) is 0 Å². The first-order valence-corrected chi connectivity index (χ1v) is 6.25. The summed E-state index contributed by atoms with van der Waals surface area (Å²) >= 11 is 0. The van der Waals surface area contributed by atoms with Crippen LogP contribution >= 0.6 is 0 Å². The van der Waals surface area contributed by atoms with E-state index in [0.717, 1.165) is 32.5 Å². The van der Waals surface area contributed by atoms with Gasteiger partial charge >= 0.3 is 0 Å². The molecule has 15 heavy (non-hydrogen) atoms. The van der Waals surface area contributed by atoms with Gasteiger partial charge in [-0.1, -0.05) is 27.7 Å². The highest BCUT2D eigenvalue weighted by molar-refractivity contribution is 5.78. The van der Waals surface area contributed by atoms with Crippen LogP contribution in [0.25, 0.3) is 0 Å². The van der Waals surface area contributed by atoms with Crippen LogP contribution in [-0.4, -0.2) is 48.4 Å². The van der Waals surface area contributed by atoms with Gasteiger partial charge in [0.1, 0.15) is 0 Å². The fraction of sp³-hybridized carbons (Fsp3) is 0.917. The second-order valence-corrected chi connectivity index (χ2v) is 3.54. The van der Waals surface area contributed by atoms with Crippen LogP contribution in [0.5, 0.6) is 0 Å². The van der Waals surface area contributed by atoms with E-state index in [0.29, 0.717) is 11.9 Å². The molecule has 90 valence electrons. The lowest BCUT2D eigenvalue weighted by Gasteiger charge is -2.35. The Morgan fingerprint density at radius 1 is 1.13 bits per heavy atom. The normalized spacial score (nSPS) is 24.7. The monoisotopic (exact) mass is 214 g/mol. The third-order valence-electron chi connectivity index (χ3n) is 2.70. The van der Waals surface area contributed by atoms with Gasteiger partial charge in [0.15, 0.2) is 0 Å². The SMILES string of the molecule is CC.CC.CN1CCN2C(=O)CCC2C1. The van der Waals surface area contributed by atoms with Crippen LogP contribution in [0.15, 0.2) is 0 Å². The molecule has 0 N–H and O–H groups in total. The Hall–Kier alpha value is -0.570. The molecule has 3 nitrogen and oxygen atoms in total. The molecule has 1 unspecified atom stereocenters. The molecule has 0 bridgehead atoms. The number of carbonyl (C=O) groups excluding carboxylic acids is 1. The quantitative estimate of drug-likeness (QED) is 0.615. The van der Waals surface area contributed by atoms with Crippen molar-refractivity contribution in [3.05, 3.63) is 0 Å². The summed E-state index contributed by atoms with van der Waals surface area (Å²) in [6, 6.07) is 0.529. The fourth-order valence-corrected chi connectivity index (χ4v) is 2.02. The molecule has 0 spiro atoms. The molecule has 0 aromatic carbocycles. The number of likely N-dealkylation sites (N-methyl/N-ethyl adjacent to an activating group) is 1. The zero-order valence-electron chi connectivity index (χ0n) is 10.9.